The number of ether oxygens (including phenoxy) is 4. The van der Waals surface area contributed by atoms with Crippen LogP contribution < -0.4 is 11.2 Å². The molecule has 12 nitrogen and oxygen atoms in total. The molecular formula is C34H38N4O8. The first kappa shape index (κ1) is 31.7. The van der Waals surface area contributed by atoms with Crippen LogP contribution in [0.4, 0.5) is 0 Å². The van der Waals surface area contributed by atoms with Gasteiger partial charge in [-0.15, -0.1) is 0 Å². The van der Waals surface area contributed by atoms with Crippen LogP contribution in [0.15, 0.2) is 58.1 Å². The molecule has 2 aliphatic heterocycles. The van der Waals surface area contributed by atoms with Gasteiger partial charge >= 0.3 is 11.7 Å². The molecule has 4 heterocycles. The van der Waals surface area contributed by atoms with Gasteiger partial charge in [-0.25, -0.2) is 19.3 Å². The highest BCUT2D eigenvalue weighted by Crippen LogP contribution is 2.43. The van der Waals surface area contributed by atoms with Gasteiger partial charge in [-0.2, -0.15) is 0 Å². The monoisotopic (exact) mass is 630 g/mol. The Morgan fingerprint density at radius 3 is 2.11 bits per heavy atom. The maximum atomic E-state index is 14.3. The molecule has 2 fully saturated rings. The summed E-state index contributed by atoms with van der Waals surface area (Å²) in [6.07, 6.45) is -3.15. The van der Waals surface area contributed by atoms with Crippen LogP contribution in [0, 0.1) is 13.8 Å². The lowest BCUT2D eigenvalue weighted by Crippen LogP contribution is -2.44. The van der Waals surface area contributed by atoms with Gasteiger partial charge in [-0.3, -0.25) is 14.2 Å². The van der Waals surface area contributed by atoms with Crippen LogP contribution in [-0.4, -0.2) is 67.5 Å². The van der Waals surface area contributed by atoms with Gasteiger partial charge in [-0.05, 0) is 41.0 Å². The van der Waals surface area contributed by atoms with Crippen molar-refractivity contribution in [2.45, 2.75) is 84.3 Å². The third-order valence-electron chi connectivity index (χ3n) is 8.27. The summed E-state index contributed by atoms with van der Waals surface area (Å²) in [5.74, 6) is -1.43. The summed E-state index contributed by atoms with van der Waals surface area (Å²) in [4.78, 5) is 50.4. The van der Waals surface area contributed by atoms with Gasteiger partial charge in [-0.1, -0.05) is 59.7 Å². The molecule has 0 unspecified atom stereocenters. The van der Waals surface area contributed by atoms with Crippen LogP contribution in [0.25, 0.3) is 33.7 Å². The molecular weight excluding hydrogens is 592 g/mol. The largest absolute Gasteiger partial charge is 0.466 e. The Bertz CT molecular complexity index is 1880. The topological polar surface area (TPSA) is 144 Å². The zero-order valence-electron chi connectivity index (χ0n) is 26.6. The number of hydrogen-bond acceptors (Lipinski definition) is 10. The van der Waals surface area contributed by atoms with Crippen molar-refractivity contribution >= 4 is 17.1 Å². The fraction of sp³-hybridized carbons (Fsp3) is 0.441. The Morgan fingerprint density at radius 2 is 1.52 bits per heavy atom. The average molecular weight is 631 g/mol. The number of hydrogen-bond donors (Lipinski definition) is 1. The van der Waals surface area contributed by atoms with Crippen molar-refractivity contribution in [2.75, 3.05) is 13.2 Å². The van der Waals surface area contributed by atoms with E-state index in [0.717, 1.165) is 26.8 Å². The minimum atomic E-state index is -1.10. The highest BCUT2D eigenvalue weighted by atomic mass is 16.8. The van der Waals surface area contributed by atoms with Crippen LogP contribution in [0.1, 0.15) is 51.0 Å². The minimum absolute atomic E-state index is 0.0127. The third-order valence-corrected chi connectivity index (χ3v) is 8.27. The van der Waals surface area contributed by atoms with E-state index in [2.05, 4.69) is 0 Å². The first-order valence-electron chi connectivity index (χ1n) is 15.5. The second kappa shape index (κ2) is 12.5. The summed E-state index contributed by atoms with van der Waals surface area (Å²) < 4.78 is 25.8. The van der Waals surface area contributed by atoms with E-state index in [0.29, 0.717) is 11.4 Å². The number of aromatic nitrogens is 4. The summed E-state index contributed by atoms with van der Waals surface area (Å²) in [5, 5.41) is 10.2. The number of aliphatic hydroxyl groups is 1. The number of aryl methyl sites for hydroxylation is 2. The van der Waals surface area contributed by atoms with Crippen molar-refractivity contribution in [1.29, 1.82) is 0 Å². The molecule has 1 N–H and O–H groups in total. The molecule has 2 saturated heterocycles. The van der Waals surface area contributed by atoms with Crippen LogP contribution in [0.5, 0.6) is 0 Å². The molecule has 0 spiro atoms. The molecule has 0 aliphatic carbocycles. The molecule has 46 heavy (non-hydrogen) atoms. The van der Waals surface area contributed by atoms with Gasteiger partial charge in [0, 0.05) is 24.1 Å². The van der Waals surface area contributed by atoms with Crippen LogP contribution >= 0.6 is 0 Å². The molecule has 0 radical (unpaired) electrons. The number of esters is 1. The molecule has 2 aliphatic rings. The number of rotatable bonds is 9. The first-order chi connectivity index (χ1) is 22.0. The van der Waals surface area contributed by atoms with E-state index in [-0.39, 0.29) is 43.8 Å². The highest BCUT2D eigenvalue weighted by Gasteiger charge is 2.56. The lowest BCUT2D eigenvalue weighted by molar-refractivity contribution is -0.200. The third kappa shape index (κ3) is 5.89. The number of carbonyl (C=O) groups is 1. The quantitative estimate of drug-likeness (QED) is 0.272. The minimum Gasteiger partial charge on any atom is -0.466 e. The molecule has 2 aromatic heterocycles. The number of fused-ring (bicyclic) bond motifs is 2. The lowest BCUT2D eigenvalue weighted by Gasteiger charge is -2.25. The Balaban J connectivity index is 1.61. The van der Waals surface area contributed by atoms with Gasteiger partial charge in [0.25, 0.3) is 5.56 Å². The second-order valence-corrected chi connectivity index (χ2v) is 12.2. The Hall–Kier alpha value is -4.23. The van der Waals surface area contributed by atoms with E-state index >= 15 is 0 Å². The number of carbonyl (C=O) groups excluding carboxylic acids is 1. The molecule has 6 rings (SSSR count). The zero-order chi connectivity index (χ0) is 32.7. The molecule has 12 heteroatoms. The Kier molecular flexibility index (Phi) is 8.64. The normalized spacial score (nSPS) is 21.9. The van der Waals surface area contributed by atoms with E-state index in [1.165, 1.54) is 4.57 Å². The Labute approximate surface area is 265 Å². The van der Waals surface area contributed by atoms with Crippen molar-refractivity contribution in [2.24, 2.45) is 0 Å². The van der Waals surface area contributed by atoms with Crippen molar-refractivity contribution in [3.8, 4) is 22.5 Å². The van der Waals surface area contributed by atoms with E-state index in [4.69, 9.17) is 28.9 Å². The SMILES string of the molecule is CCOC(=O)CCCn1c(=O)c2nc(-c3ccc(C)cc3)c(-c3ccc(C)cc3)nc2n([C@@H]2O[C@H](CO)[C@H]3OC(C)(C)O[C@H]32)c1=O. The fourth-order valence-electron chi connectivity index (χ4n) is 6.05. The number of aliphatic hydroxyl groups excluding tert-OH is 1. The van der Waals surface area contributed by atoms with Crippen molar-refractivity contribution < 1.29 is 28.8 Å². The molecule has 4 atom stereocenters. The fourth-order valence-corrected chi connectivity index (χ4v) is 6.05. The summed E-state index contributed by atoms with van der Waals surface area (Å²) in [6, 6.07) is 15.5. The van der Waals surface area contributed by atoms with Gasteiger partial charge in [0.15, 0.2) is 23.2 Å². The summed E-state index contributed by atoms with van der Waals surface area (Å²) in [6.45, 7) is 8.96. The molecule has 242 valence electrons. The Morgan fingerprint density at radius 1 is 0.935 bits per heavy atom. The van der Waals surface area contributed by atoms with E-state index in [9.17, 15) is 19.5 Å². The van der Waals surface area contributed by atoms with Gasteiger partial charge in [0.05, 0.1) is 24.6 Å². The van der Waals surface area contributed by atoms with Crippen LogP contribution in [0.3, 0.4) is 0 Å². The van der Waals surface area contributed by atoms with E-state index in [1.807, 2.05) is 62.4 Å². The van der Waals surface area contributed by atoms with Crippen molar-refractivity contribution in [3.05, 3.63) is 80.5 Å². The molecule has 0 saturated carbocycles. The molecule has 4 aromatic rings. The predicted octanol–water partition coefficient (Wildman–Crippen LogP) is 3.66. The highest BCUT2D eigenvalue weighted by molar-refractivity contribution is 5.84. The molecule has 0 bridgehead atoms. The first-order valence-corrected chi connectivity index (χ1v) is 15.5. The van der Waals surface area contributed by atoms with Crippen molar-refractivity contribution in [3.63, 3.8) is 0 Å². The molecule has 2 aromatic carbocycles. The predicted molar refractivity (Wildman–Crippen MR) is 169 cm³/mol. The smallest absolute Gasteiger partial charge is 0.334 e. The summed E-state index contributed by atoms with van der Waals surface area (Å²) in [5.41, 5.74) is 3.16. The zero-order valence-corrected chi connectivity index (χ0v) is 26.6. The van der Waals surface area contributed by atoms with Crippen molar-refractivity contribution in [1.82, 2.24) is 19.1 Å². The summed E-state index contributed by atoms with van der Waals surface area (Å²) in [7, 11) is 0. The summed E-state index contributed by atoms with van der Waals surface area (Å²) >= 11 is 0. The van der Waals surface area contributed by atoms with Crippen LogP contribution in [-0.2, 0) is 30.3 Å². The van der Waals surface area contributed by atoms with E-state index in [1.54, 1.807) is 20.8 Å². The lowest BCUT2D eigenvalue weighted by atomic mass is 10.0. The van der Waals surface area contributed by atoms with Crippen LogP contribution in [0.2, 0.25) is 0 Å². The second-order valence-electron chi connectivity index (χ2n) is 12.2. The number of nitrogens with zero attached hydrogens (tertiary/aromatic N) is 4. The van der Waals surface area contributed by atoms with E-state index < -0.39 is 47.5 Å². The maximum absolute atomic E-state index is 14.3. The number of benzene rings is 2. The average Bonchev–Trinajstić information content (AvgIpc) is 3.52. The molecule has 0 amide bonds. The maximum Gasteiger partial charge on any atom is 0.334 e. The van der Waals surface area contributed by atoms with Gasteiger partial charge in [0.2, 0.25) is 0 Å². The standard InChI is InChI=1S/C34H38N4O8/c1-6-43-24(40)8-7-17-37-31(41)27-30(38(33(37)42)32-29-28(23(18-39)44-32)45-34(4,5)46-29)36-26(22-15-11-20(3)12-16-22)25(35-27)21-13-9-19(2)10-14-21/h9-16,23,28-29,32,39H,6-8,17-18H2,1-5H3/t23-,28-,29-,32-/m1/s1. The van der Waals surface area contributed by atoms with Gasteiger partial charge in [0.1, 0.15) is 18.3 Å². The van der Waals surface area contributed by atoms with Gasteiger partial charge < -0.3 is 24.1 Å².